The summed E-state index contributed by atoms with van der Waals surface area (Å²) >= 11 is 9.35. The third-order valence-corrected chi connectivity index (χ3v) is 5.58. The smallest absolute Gasteiger partial charge is 0.274 e. The van der Waals surface area contributed by atoms with Crippen molar-refractivity contribution in [1.82, 2.24) is 19.6 Å². The lowest BCUT2D eigenvalue weighted by Gasteiger charge is -2.33. The second-order valence-corrected chi connectivity index (χ2v) is 8.03. The topological polar surface area (TPSA) is 63.7 Å². The molecule has 1 saturated heterocycles. The highest BCUT2D eigenvalue weighted by molar-refractivity contribution is 9.10. The van der Waals surface area contributed by atoms with Crippen molar-refractivity contribution >= 4 is 33.4 Å². The highest BCUT2D eigenvalue weighted by atomic mass is 79.9. The van der Waals surface area contributed by atoms with Crippen molar-refractivity contribution in [2.24, 2.45) is 0 Å². The van der Waals surface area contributed by atoms with Gasteiger partial charge in [0.15, 0.2) is 12.4 Å². The first-order valence-corrected chi connectivity index (χ1v) is 10.4. The van der Waals surface area contributed by atoms with Crippen LogP contribution < -0.4 is 4.74 Å². The Morgan fingerprint density at radius 3 is 2.76 bits per heavy atom. The molecule has 0 saturated carbocycles. The summed E-state index contributed by atoms with van der Waals surface area (Å²) in [5.74, 6) is 1.54. The van der Waals surface area contributed by atoms with E-state index in [1.54, 1.807) is 41.4 Å². The average molecular weight is 480 g/mol. The van der Waals surface area contributed by atoms with Crippen LogP contribution in [0.25, 0.3) is 0 Å². The zero-order valence-electron chi connectivity index (χ0n) is 15.6. The van der Waals surface area contributed by atoms with E-state index in [4.69, 9.17) is 20.8 Å². The van der Waals surface area contributed by atoms with Gasteiger partial charge in [0.1, 0.15) is 11.5 Å². The molecule has 0 radical (unpaired) electrons. The molecule has 1 aliphatic heterocycles. The fourth-order valence-corrected chi connectivity index (χ4v) is 3.97. The summed E-state index contributed by atoms with van der Waals surface area (Å²) in [5.41, 5.74) is 0.420. The normalized spacial score (nSPS) is 14.9. The molecule has 7 nitrogen and oxygen atoms in total. The Morgan fingerprint density at radius 2 is 2.03 bits per heavy atom. The van der Waals surface area contributed by atoms with Gasteiger partial charge in [-0.05, 0) is 52.3 Å². The molecule has 0 N–H and O–H groups in total. The number of rotatable bonds is 6. The minimum atomic E-state index is -0.0610. The maximum Gasteiger partial charge on any atom is 0.274 e. The van der Waals surface area contributed by atoms with Gasteiger partial charge in [-0.15, -0.1) is 0 Å². The number of halogens is 2. The number of aromatic nitrogens is 2. The van der Waals surface area contributed by atoms with Crippen LogP contribution in [0, 0.1) is 0 Å². The van der Waals surface area contributed by atoms with Gasteiger partial charge in [-0.2, -0.15) is 5.10 Å². The number of hydrogen-bond acceptors (Lipinski definition) is 5. The van der Waals surface area contributed by atoms with Gasteiger partial charge >= 0.3 is 0 Å². The van der Waals surface area contributed by atoms with E-state index in [1.165, 1.54) is 0 Å². The molecule has 0 spiro atoms. The molecule has 29 heavy (non-hydrogen) atoms. The number of carbonyl (C=O) groups excluding carboxylic acids is 1. The number of carbonyl (C=O) groups is 1. The van der Waals surface area contributed by atoms with Crippen molar-refractivity contribution in [2.45, 2.75) is 13.3 Å². The summed E-state index contributed by atoms with van der Waals surface area (Å²) in [6, 6.07) is 10.9. The third kappa shape index (κ3) is 5.01. The Morgan fingerprint density at radius 1 is 1.21 bits per heavy atom. The monoisotopic (exact) mass is 478 g/mol. The third-order valence-electron chi connectivity index (χ3n) is 4.73. The lowest BCUT2D eigenvalue weighted by molar-refractivity contribution is 0.0612. The van der Waals surface area contributed by atoms with Crippen LogP contribution in [0.5, 0.6) is 5.75 Å². The van der Waals surface area contributed by atoms with Gasteiger partial charge in [0, 0.05) is 37.4 Å². The molecule has 152 valence electrons. The van der Waals surface area contributed by atoms with Gasteiger partial charge in [0.25, 0.3) is 5.91 Å². The summed E-state index contributed by atoms with van der Waals surface area (Å²) in [6.07, 6.45) is 3.42. The molecule has 9 heteroatoms. The molecule has 1 aromatic carbocycles. The van der Waals surface area contributed by atoms with E-state index in [-0.39, 0.29) is 12.6 Å². The molecule has 4 rings (SSSR count). The van der Waals surface area contributed by atoms with E-state index in [0.717, 1.165) is 29.9 Å². The second kappa shape index (κ2) is 9.02. The molecule has 0 atom stereocenters. The zero-order valence-corrected chi connectivity index (χ0v) is 18.0. The molecule has 3 heterocycles. The summed E-state index contributed by atoms with van der Waals surface area (Å²) in [5, 5.41) is 4.98. The molecule has 0 bridgehead atoms. The molecule has 0 unspecified atom stereocenters. The predicted octanol–water partition coefficient (Wildman–Crippen LogP) is 3.89. The van der Waals surface area contributed by atoms with E-state index in [9.17, 15) is 4.79 Å². The van der Waals surface area contributed by atoms with E-state index in [2.05, 4.69) is 25.9 Å². The Labute approximate surface area is 181 Å². The van der Waals surface area contributed by atoms with Crippen molar-refractivity contribution in [3.05, 3.63) is 69.8 Å². The van der Waals surface area contributed by atoms with E-state index >= 15 is 0 Å². The molecular weight excluding hydrogens is 460 g/mol. The van der Waals surface area contributed by atoms with Crippen LogP contribution in [0.15, 0.2) is 57.7 Å². The molecular formula is C20H20BrClN4O3. The summed E-state index contributed by atoms with van der Waals surface area (Å²) in [6.45, 7) is 3.91. The summed E-state index contributed by atoms with van der Waals surface area (Å²) in [7, 11) is 0. The highest BCUT2D eigenvalue weighted by Crippen LogP contribution is 2.28. The van der Waals surface area contributed by atoms with Gasteiger partial charge < -0.3 is 14.1 Å². The number of benzene rings is 1. The maximum atomic E-state index is 12.8. The van der Waals surface area contributed by atoms with E-state index in [1.807, 2.05) is 17.0 Å². The van der Waals surface area contributed by atoms with Crippen molar-refractivity contribution in [1.29, 1.82) is 0 Å². The molecule has 0 aliphatic carbocycles. The number of hydrogen-bond donors (Lipinski definition) is 0. The number of piperazine rings is 1. The zero-order chi connectivity index (χ0) is 20.2. The first kappa shape index (κ1) is 20.0. The first-order chi connectivity index (χ1) is 14.1. The quantitative estimate of drug-likeness (QED) is 0.537. The Balaban J connectivity index is 1.29. The number of nitrogens with zero attached hydrogens (tertiary/aromatic N) is 4. The molecule has 3 aromatic rings. The summed E-state index contributed by atoms with van der Waals surface area (Å²) < 4.78 is 13.5. The maximum absolute atomic E-state index is 12.8. The Hall–Kier alpha value is -2.29. The van der Waals surface area contributed by atoms with Crippen molar-refractivity contribution in [3.63, 3.8) is 0 Å². The first-order valence-electron chi connectivity index (χ1n) is 9.24. The minimum Gasteiger partial charge on any atom is -0.470 e. The number of furan rings is 1. The van der Waals surface area contributed by atoms with E-state index < -0.39 is 0 Å². The Bertz CT molecular complexity index is 968. The second-order valence-electron chi connectivity index (χ2n) is 6.74. The van der Waals surface area contributed by atoms with Crippen molar-refractivity contribution in [2.75, 3.05) is 26.2 Å². The highest BCUT2D eigenvalue weighted by Gasteiger charge is 2.24. The van der Waals surface area contributed by atoms with Crippen molar-refractivity contribution in [3.8, 4) is 5.75 Å². The molecule has 1 amide bonds. The number of amides is 1. The van der Waals surface area contributed by atoms with Crippen LogP contribution in [0.1, 0.15) is 16.2 Å². The van der Waals surface area contributed by atoms with Crippen LogP contribution in [-0.2, 0) is 13.3 Å². The van der Waals surface area contributed by atoms with Crippen LogP contribution in [0.4, 0.5) is 0 Å². The van der Waals surface area contributed by atoms with Gasteiger partial charge in [-0.1, -0.05) is 11.6 Å². The summed E-state index contributed by atoms with van der Waals surface area (Å²) in [4.78, 5) is 16.9. The fourth-order valence-electron chi connectivity index (χ4n) is 3.17. The molecule has 2 aromatic heterocycles. The number of ether oxygens (including phenoxy) is 1. The predicted molar refractivity (Wildman–Crippen MR) is 112 cm³/mol. The van der Waals surface area contributed by atoms with Crippen LogP contribution >= 0.6 is 27.5 Å². The van der Waals surface area contributed by atoms with Gasteiger partial charge in [0.2, 0.25) is 0 Å². The van der Waals surface area contributed by atoms with Gasteiger partial charge in [0.05, 0.1) is 17.3 Å². The molecule has 1 aliphatic rings. The van der Waals surface area contributed by atoms with Crippen LogP contribution in [0.3, 0.4) is 0 Å². The van der Waals surface area contributed by atoms with Crippen LogP contribution in [-0.4, -0.2) is 51.7 Å². The van der Waals surface area contributed by atoms with Gasteiger partial charge in [-0.25, -0.2) is 4.68 Å². The lowest BCUT2D eigenvalue weighted by Crippen LogP contribution is -2.48. The van der Waals surface area contributed by atoms with Gasteiger partial charge in [-0.3, -0.25) is 9.69 Å². The lowest BCUT2D eigenvalue weighted by atomic mass is 10.2. The van der Waals surface area contributed by atoms with Crippen LogP contribution in [0.2, 0.25) is 5.02 Å². The average Bonchev–Trinajstić information content (AvgIpc) is 3.39. The molecule has 1 fully saturated rings. The fraction of sp³-hybridized carbons (Fsp3) is 0.300. The SMILES string of the molecule is O=C(c1ccn(COc2ccc(Cl)cc2Br)n1)N1CCN(Cc2ccco2)CC1. The Kier molecular flexibility index (Phi) is 6.22. The largest absolute Gasteiger partial charge is 0.470 e. The standard InChI is InChI=1S/C20H20BrClN4O3/c21-17-12-15(22)3-4-19(17)29-14-26-6-5-18(23-26)20(27)25-9-7-24(8-10-25)13-16-2-1-11-28-16/h1-6,11-12H,7-10,13-14H2. The van der Waals surface area contributed by atoms with E-state index in [0.29, 0.717) is 29.6 Å². The van der Waals surface area contributed by atoms with Crippen molar-refractivity contribution < 1.29 is 13.9 Å². The minimum absolute atomic E-state index is 0.0610.